The van der Waals surface area contributed by atoms with Crippen molar-refractivity contribution in [1.82, 2.24) is 9.88 Å². The minimum absolute atomic E-state index is 0.902. The molecule has 21 heavy (non-hydrogen) atoms. The summed E-state index contributed by atoms with van der Waals surface area (Å²) in [6, 6.07) is 17.2. The van der Waals surface area contributed by atoms with E-state index >= 15 is 0 Å². The summed E-state index contributed by atoms with van der Waals surface area (Å²) in [5, 5.41) is 4.93. The largest absolute Gasteiger partial charge is 0.350 e. The smallest absolute Gasteiger partial charge is 0.0481 e. The van der Waals surface area contributed by atoms with Crippen LogP contribution in [0.2, 0.25) is 0 Å². The molecule has 0 fully saturated rings. The highest BCUT2D eigenvalue weighted by molar-refractivity contribution is 5.83. The molecule has 3 aromatic rings. The van der Waals surface area contributed by atoms with Gasteiger partial charge in [-0.1, -0.05) is 49.4 Å². The minimum atomic E-state index is 0.902. The van der Waals surface area contributed by atoms with Crippen LogP contribution < -0.4 is 5.32 Å². The molecule has 0 bridgehead atoms. The summed E-state index contributed by atoms with van der Waals surface area (Å²) in [6.45, 7) is 4.04. The topological polar surface area (TPSA) is 17.0 Å². The second-order valence-corrected chi connectivity index (χ2v) is 5.51. The average Bonchev–Trinajstić information content (AvgIpc) is 2.85. The Hall–Kier alpha value is -2.06. The molecule has 1 aromatic heterocycles. The van der Waals surface area contributed by atoms with Gasteiger partial charge in [0.2, 0.25) is 0 Å². The van der Waals surface area contributed by atoms with Crippen molar-refractivity contribution in [1.29, 1.82) is 0 Å². The number of hydrogen-bond donors (Lipinski definition) is 1. The molecule has 3 rings (SSSR count). The first kappa shape index (κ1) is 13.9. The molecule has 2 nitrogen and oxygen atoms in total. The molecule has 1 heterocycles. The molecule has 0 spiro atoms. The summed E-state index contributed by atoms with van der Waals surface area (Å²) in [5.74, 6) is 0. The van der Waals surface area contributed by atoms with Gasteiger partial charge >= 0.3 is 0 Å². The van der Waals surface area contributed by atoms with Gasteiger partial charge in [-0.05, 0) is 29.2 Å². The highest BCUT2D eigenvalue weighted by atomic mass is 14.9. The van der Waals surface area contributed by atoms with Gasteiger partial charge in [0.25, 0.3) is 0 Å². The zero-order valence-corrected chi connectivity index (χ0v) is 12.8. The number of aryl methyl sites for hydroxylation is 2. The molecule has 0 radical (unpaired) electrons. The summed E-state index contributed by atoms with van der Waals surface area (Å²) in [4.78, 5) is 0. The molecule has 0 saturated carbocycles. The molecule has 0 atom stereocenters. The first-order chi connectivity index (χ1) is 10.3. The first-order valence-electron chi connectivity index (χ1n) is 7.60. The van der Waals surface area contributed by atoms with Crippen LogP contribution >= 0.6 is 0 Å². The Morgan fingerprint density at radius 2 is 1.52 bits per heavy atom. The maximum atomic E-state index is 3.58. The van der Waals surface area contributed by atoms with Gasteiger partial charge < -0.3 is 9.88 Å². The minimum Gasteiger partial charge on any atom is -0.350 e. The number of fused-ring (bicyclic) bond motifs is 1. The van der Waals surface area contributed by atoms with Gasteiger partial charge in [-0.2, -0.15) is 0 Å². The highest BCUT2D eigenvalue weighted by Crippen LogP contribution is 2.20. The lowest BCUT2D eigenvalue weighted by atomic mass is 10.1. The van der Waals surface area contributed by atoms with Crippen molar-refractivity contribution in [3.05, 3.63) is 71.4 Å². The second-order valence-electron chi connectivity index (χ2n) is 5.51. The molecule has 108 valence electrons. The van der Waals surface area contributed by atoms with Crippen LogP contribution in [0.3, 0.4) is 0 Å². The lowest BCUT2D eigenvalue weighted by molar-refractivity contribution is 0.689. The Kier molecular flexibility index (Phi) is 4.07. The number of nitrogens with zero attached hydrogens (tertiary/aromatic N) is 1. The summed E-state index contributed by atoms with van der Waals surface area (Å²) in [6.07, 6.45) is 3.31. The quantitative estimate of drug-likeness (QED) is 0.745. The van der Waals surface area contributed by atoms with Crippen LogP contribution in [0, 0.1) is 0 Å². The van der Waals surface area contributed by atoms with E-state index in [1.54, 1.807) is 0 Å². The van der Waals surface area contributed by atoms with E-state index in [-0.39, 0.29) is 0 Å². The molecule has 0 aliphatic heterocycles. The van der Waals surface area contributed by atoms with Crippen LogP contribution in [0.5, 0.6) is 0 Å². The molecule has 0 aliphatic carbocycles. The molecule has 1 N–H and O–H groups in total. The Morgan fingerprint density at radius 3 is 2.33 bits per heavy atom. The molecule has 0 amide bonds. The van der Waals surface area contributed by atoms with E-state index in [0.717, 1.165) is 19.5 Å². The van der Waals surface area contributed by atoms with Crippen LogP contribution in [0.4, 0.5) is 0 Å². The predicted molar refractivity (Wildman–Crippen MR) is 89.3 cm³/mol. The van der Waals surface area contributed by atoms with Gasteiger partial charge in [-0.3, -0.25) is 0 Å². The molecule has 0 aliphatic rings. The Labute approximate surface area is 126 Å². The Morgan fingerprint density at radius 1 is 0.857 bits per heavy atom. The van der Waals surface area contributed by atoms with Crippen molar-refractivity contribution in [3.8, 4) is 0 Å². The third kappa shape index (κ3) is 2.86. The van der Waals surface area contributed by atoms with Crippen molar-refractivity contribution in [2.45, 2.75) is 26.4 Å². The number of rotatable bonds is 5. The number of hydrogen-bond acceptors (Lipinski definition) is 1. The monoisotopic (exact) mass is 278 g/mol. The molecule has 0 unspecified atom stereocenters. The normalized spacial score (nSPS) is 11.1. The van der Waals surface area contributed by atoms with E-state index in [0.29, 0.717) is 0 Å². The summed E-state index contributed by atoms with van der Waals surface area (Å²) < 4.78 is 2.20. The van der Waals surface area contributed by atoms with Crippen LogP contribution in [0.25, 0.3) is 10.9 Å². The summed E-state index contributed by atoms with van der Waals surface area (Å²) in [7, 11) is 2.11. The van der Waals surface area contributed by atoms with Crippen molar-refractivity contribution in [2.75, 3.05) is 0 Å². The summed E-state index contributed by atoms with van der Waals surface area (Å²) >= 11 is 0. The molecular weight excluding hydrogens is 256 g/mol. The standard InChI is InChI=1S/C19H22N2/c1-3-15-8-4-5-9-16(15)12-20-13-17-14-21(2)19-11-7-6-10-18(17)19/h4-11,14,20H,3,12-13H2,1-2H3. The van der Waals surface area contributed by atoms with Gasteiger partial charge in [-0.25, -0.2) is 0 Å². The lowest BCUT2D eigenvalue weighted by Crippen LogP contribution is -2.13. The molecule has 2 aromatic carbocycles. The van der Waals surface area contributed by atoms with E-state index in [4.69, 9.17) is 0 Å². The van der Waals surface area contributed by atoms with Gasteiger partial charge in [0.05, 0.1) is 0 Å². The average molecular weight is 278 g/mol. The summed E-state index contributed by atoms with van der Waals surface area (Å²) in [5.41, 5.74) is 5.49. The van der Waals surface area contributed by atoms with Gasteiger partial charge in [0.1, 0.15) is 0 Å². The van der Waals surface area contributed by atoms with Crippen LogP contribution in [-0.2, 0) is 26.6 Å². The number of para-hydroxylation sites is 1. The third-order valence-electron chi connectivity index (χ3n) is 4.11. The number of benzene rings is 2. The van der Waals surface area contributed by atoms with Crippen molar-refractivity contribution in [3.63, 3.8) is 0 Å². The van der Waals surface area contributed by atoms with E-state index < -0.39 is 0 Å². The van der Waals surface area contributed by atoms with Crippen LogP contribution in [0.1, 0.15) is 23.6 Å². The van der Waals surface area contributed by atoms with E-state index in [2.05, 4.69) is 78.6 Å². The van der Waals surface area contributed by atoms with Crippen molar-refractivity contribution < 1.29 is 0 Å². The van der Waals surface area contributed by atoms with Gasteiger partial charge in [0, 0.05) is 37.2 Å². The predicted octanol–water partition coefficient (Wildman–Crippen LogP) is 4.03. The lowest BCUT2D eigenvalue weighted by Gasteiger charge is -2.08. The van der Waals surface area contributed by atoms with E-state index in [1.807, 2.05) is 0 Å². The first-order valence-corrected chi connectivity index (χ1v) is 7.60. The van der Waals surface area contributed by atoms with Crippen LogP contribution in [0.15, 0.2) is 54.7 Å². The number of aromatic nitrogens is 1. The number of nitrogens with one attached hydrogen (secondary N) is 1. The maximum Gasteiger partial charge on any atom is 0.0481 e. The fourth-order valence-corrected chi connectivity index (χ4v) is 2.97. The van der Waals surface area contributed by atoms with E-state index in [1.165, 1.54) is 27.6 Å². The Bertz CT molecular complexity index is 740. The fraction of sp³-hybridized carbons (Fsp3) is 0.263. The second kappa shape index (κ2) is 6.15. The zero-order valence-electron chi connectivity index (χ0n) is 12.8. The molecular formula is C19H22N2. The van der Waals surface area contributed by atoms with Crippen molar-refractivity contribution in [2.24, 2.45) is 7.05 Å². The highest BCUT2D eigenvalue weighted by Gasteiger charge is 2.05. The van der Waals surface area contributed by atoms with Gasteiger partial charge in [-0.15, -0.1) is 0 Å². The fourth-order valence-electron chi connectivity index (χ4n) is 2.97. The molecule has 2 heteroatoms. The van der Waals surface area contributed by atoms with Crippen LogP contribution in [-0.4, -0.2) is 4.57 Å². The van der Waals surface area contributed by atoms with Crippen molar-refractivity contribution >= 4 is 10.9 Å². The maximum absolute atomic E-state index is 3.58. The third-order valence-corrected chi connectivity index (χ3v) is 4.11. The van der Waals surface area contributed by atoms with Gasteiger partial charge in [0.15, 0.2) is 0 Å². The van der Waals surface area contributed by atoms with E-state index in [9.17, 15) is 0 Å². The molecule has 0 saturated heterocycles. The SMILES string of the molecule is CCc1ccccc1CNCc1cn(C)c2ccccc12. The zero-order chi connectivity index (χ0) is 14.7. The Balaban J connectivity index is 1.72.